The number of hydrogen-bond acceptors (Lipinski definition) is 4. The first-order chi connectivity index (χ1) is 14.0. The molecule has 2 aromatic rings. The quantitative estimate of drug-likeness (QED) is 0.561. The number of benzene rings is 2. The van der Waals surface area contributed by atoms with Crippen LogP contribution >= 0.6 is 11.6 Å². The fraction of sp³-hybridized carbons (Fsp3) is 0.286. The van der Waals surface area contributed by atoms with Crippen LogP contribution in [0.4, 0.5) is 4.79 Å². The first-order valence-electron chi connectivity index (χ1n) is 9.37. The van der Waals surface area contributed by atoms with E-state index in [9.17, 15) is 14.4 Å². The van der Waals surface area contributed by atoms with Crippen molar-refractivity contribution in [2.75, 3.05) is 19.7 Å². The molecular formula is C21H20ClN3O4. The number of ether oxygens (including phenoxy) is 1. The lowest BCUT2D eigenvalue weighted by atomic mass is 9.92. The minimum absolute atomic E-state index is 0.249. The summed E-state index contributed by atoms with van der Waals surface area (Å²) in [7, 11) is 0. The van der Waals surface area contributed by atoms with Gasteiger partial charge in [-0.05, 0) is 48.2 Å². The van der Waals surface area contributed by atoms with Crippen molar-refractivity contribution in [3.63, 3.8) is 0 Å². The number of carbonyl (C=O) groups is 3. The summed E-state index contributed by atoms with van der Waals surface area (Å²) >= 11 is 5.81. The summed E-state index contributed by atoms with van der Waals surface area (Å²) in [5.74, 6) is -0.156. The van der Waals surface area contributed by atoms with Gasteiger partial charge in [-0.2, -0.15) is 0 Å². The van der Waals surface area contributed by atoms with Gasteiger partial charge in [-0.3, -0.25) is 14.5 Å². The number of fused-ring (bicyclic) bond motifs is 2. The number of rotatable bonds is 6. The average molecular weight is 414 g/mol. The summed E-state index contributed by atoms with van der Waals surface area (Å²) in [6, 6.07) is 13.9. The highest BCUT2D eigenvalue weighted by Gasteiger charge is 2.55. The molecule has 150 valence electrons. The number of amides is 4. The van der Waals surface area contributed by atoms with Crippen LogP contribution in [0, 0.1) is 0 Å². The van der Waals surface area contributed by atoms with Crippen molar-refractivity contribution in [2.24, 2.45) is 0 Å². The van der Waals surface area contributed by atoms with Crippen molar-refractivity contribution >= 4 is 29.4 Å². The van der Waals surface area contributed by atoms with Gasteiger partial charge in [0.15, 0.2) is 0 Å². The summed E-state index contributed by atoms with van der Waals surface area (Å²) in [5, 5.41) is 6.09. The van der Waals surface area contributed by atoms with Gasteiger partial charge in [0.05, 0.1) is 6.54 Å². The van der Waals surface area contributed by atoms with Gasteiger partial charge in [0.2, 0.25) is 5.91 Å². The molecule has 2 aliphatic rings. The van der Waals surface area contributed by atoms with Crippen molar-refractivity contribution in [1.29, 1.82) is 0 Å². The van der Waals surface area contributed by atoms with E-state index in [1.165, 1.54) is 0 Å². The maximum atomic E-state index is 13.0. The van der Waals surface area contributed by atoms with E-state index in [-0.39, 0.29) is 25.6 Å². The molecule has 1 fully saturated rings. The number of hydrogen-bond donors (Lipinski definition) is 2. The highest BCUT2D eigenvalue weighted by molar-refractivity contribution is 6.30. The molecule has 1 spiro atoms. The Labute approximate surface area is 173 Å². The van der Waals surface area contributed by atoms with Gasteiger partial charge >= 0.3 is 6.03 Å². The van der Waals surface area contributed by atoms with Gasteiger partial charge in [0.1, 0.15) is 24.4 Å². The molecule has 0 saturated carbocycles. The molecule has 1 atom stereocenters. The third kappa shape index (κ3) is 3.65. The first kappa shape index (κ1) is 19.3. The zero-order valence-corrected chi connectivity index (χ0v) is 16.4. The van der Waals surface area contributed by atoms with E-state index < -0.39 is 17.5 Å². The lowest BCUT2D eigenvalue weighted by molar-refractivity contribution is -0.135. The Balaban J connectivity index is 1.31. The number of aryl methyl sites for hydroxylation is 1. The smallest absolute Gasteiger partial charge is 0.325 e. The van der Waals surface area contributed by atoms with Gasteiger partial charge in [-0.1, -0.05) is 35.9 Å². The molecular weight excluding hydrogens is 394 g/mol. The SMILES string of the molecule is O=C(CN1C(=O)NC2(CCc3ccccc32)C1=O)NCCOc1ccc(Cl)cc1. The van der Waals surface area contributed by atoms with Crippen LogP contribution in [0.3, 0.4) is 0 Å². The number of carbonyl (C=O) groups excluding carboxylic acids is 3. The second-order valence-electron chi connectivity index (χ2n) is 7.04. The van der Waals surface area contributed by atoms with Gasteiger partial charge in [-0.15, -0.1) is 0 Å². The number of imide groups is 1. The van der Waals surface area contributed by atoms with E-state index in [1.54, 1.807) is 24.3 Å². The topological polar surface area (TPSA) is 87.7 Å². The molecule has 0 aromatic heterocycles. The lowest BCUT2D eigenvalue weighted by Gasteiger charge is -2.22. The predicted molar refractivity (Wildman–Crippen MR) is 107 cm³/mol. The van der Waals surface area contributed by atoms with Crippen molar-refractivity contribution < 1.29 is 19.1 Å². The van der Waals surface area contributed by atoms with Crippen molar-refractivity contribution in [2.45, 2.75) is 18.4 Å². The van der Waals surface area contributed by atoms with Crippen molar-refractivity contribution in [1.82, 2.24) is 15.5 Å². The predicted octanol–water partition coefficient (Wildman–Crippen LogP) is 2.23. The normalized spacial score (nSPS) is 20.0. The maximum absolute atomic E-state index is 13.0. The zero-order valence-electron chi connectivity index (χ0n) is 15.6. The number of nitrogens with one attached hydrogen (secondary N) is 2. The largest absolute Gasteiger partial charge is 0.492 e. The molecule has 7 nitrogen and oxygen atoms in total. The van der Waals surface area contributed by atoms with E-state index in [1.807, 2.05) is 24.3 Å². The van der Waals surface area contributed by atoms with Gasteiger partial charge in [0.25, 0.3) is 5.91 Å². The molecule has 1 saturated heterocycles. The monoisotopic (exact) mass is 413 g/mol. The molecule has 2 aromatic carbocycles. The summed E-state index contributed by atoms with van der Waals surface area (Å²) in [5.41, 5.74) is 0.815. The maximum Gasteiger partial charge on any atom is 0.325 e. The highest BCUT2D eigenvalue weighted by Crippen LogP contribution is 2.41. The molecule has 1 heterocycles. The molecule has 0 bridgehead atoms. The average Bonchev–Trinajstić information content (AvgIpc) is 3.20. The van der Waals surface area contributed by atoms with Crippen LogP contribution in [0.15, 0.2) is 48.5 Å². The first-order valence-corrected chi connectivity index (χ1v) is 9.75. The van der Waals surface area contributed by atoms with E-state index in [2.05, 4.69) is 10.6 Å². The molecule has 4 amide bonds. The Hall–Kier alpha value is -3.06. The van der Waals surface area contributed by atoms with Gasteiger partial charge < -0.3 is 15.4 Å². The Morgan fingerprint density at radius 2 is 1.93 bits per heavy atom. The van der Waals surface area contributed by atoms with Gasteiger partial charge in [0, 0.05) is 5.02 Å². The molecule has 0 radical (unpaired) electrons. The fourth-order valence-corrected chi connectivity index (χ4v) is 3.95. The second-order valence-corrected chi connectivity index (χ2v) is 7.47. The Kier molecular flexibility index (Phi) is 5.15. The van der Waals surface area contributed by atoms with Crippen LogP contribution in [0.1, 0.15) is 17.5 Å². The van der Waals surface area contributed by atoms with E-state index in [0.717, 1.165) is 16.0 Å². The Morgan fingerprint density at radius 3 is 2.72 bits per heavy atom. The molecule has 29 heavy (non-hydrogen) atoms. The van der Waals surface area contributed by atoms with E-state index in [0.29, 0.717) is 23.6 Å². The number of urea groups is 1. The Morgan fingerprint density at radius 1 is 1.17 bits per heavy atom. The van der Waals surface area contributed by atoms with Crippen molar-refractivity contribution in [3.05, 3.63) is 64.7 Å². The molecule has 8 heteroatoms. The fourth-order valence-electron chi connectivity index (χ4n) is 3.82. The summed E-state index contributed by atoms with van der Waals surface area (Å²) in [6.45, 7) is 0.180. The Bertz CT molecular complexity index is 963. The number of nitrogens with zero attached hydrogens (tertiary/aromatic N) is 1. The van der Waals surface area contributed by atoms with Crippen LogP contribution in [-0.4, -0.2) is 42.4 Å². The van der Waals surface area contributed by atoms with Crippen LogP contribution in [0.5, 0.6) is 5.75 Å². The third-order valence-corrected chi connectivity index (χ3v) is 5.48. The molecule has 2 N–H and O–H groups in total. The van der Waals surface area contributed by atoms with Crippen LogP contribution in [-0.2, 0) is 21.5 Å². The summed E-state index contributed by atoms with van der Waals surface area (Å²) in [6.07, 6.45) is 1.22. The highest BCUT2D eigenvalue weighted by atomic mass is 35.5. The minimum atomic E-state index is -1.05. The van der Waals surface area contributed by atoms with Crippen LogP contribution in [0.2, 0.25) is 5.02 Å². The lowest BCUT2D eigenvalue weighted by Crippen LogP contribution is -2.44. The van der Waals surface area contributed by atoms with Crippen molar-refractivity contribution in [3.8, 4) is 5.75 Å². The molecule has 1 aliphatic heterocycles. The third-order valence-electron chi connectivity index (χ3n) is 5.23. The standard InChI is InChI=1S/C21H20ClN3O4/c22-15-5-7-16(8-6-15)29-12-11-23-18(26)13-25-19(27)21(24-20(25)28)10-9-14-3-1-2-4-17(14)21/h1-8H,9-13H2,(H,23,26)(H,24,28). The number of halogens is 1. The van der Waals surface area contributed by atoms with E-state index >= 15 is 0 Å². The van der Waals surface area contributed by atoms with Crippen LogP contribution in [0.25, 0.3) is 0 Å². The van der Waals surface area contributed by atoms with E-state index in [4.69, 9.17) is 16.3 Å². The summed E-state index contributed by atoms with van der Waals surface area (Å²) in [4.78, 5) is 38.6. The molecule has 1 aliphatic carbocycles. The van der Waals surface area contributed by atoms with Gasteiger partial charge in [-0.25, -0.2) is 4.79 Å². The second kappa shape index (κ2) is 7.75. The summed E-state index contributed by atoms with van der Waals surface area (Å²) < 4.78 is 5.51. The van der Waals surface area contributed by atoms with Crippen LogP contribution < -0.4 is 15.4 Å². The molecule has 4 rings (SSSR count). The minimum Gasteiger partial charge on any atom is -0.492 e. The zero-order chi connectivity index (χ0) is 20.4. The molecule has 1 unspecified atom stereocenters.